The molecule has 0 fully saturated rings. The molecule has 0 saturated carbocycles. The van der Waals surface area contributed by atoms with Gasteiger partial charge in [-0.15, -0.1) is 0 Å². The van der Waals surface area contributed by atoms with Crippen LogP contribution >= 0.6 is 11.6 Å². The fourth-order valence-electron chi connectivity index (χ4n) is 1.37. The molecule has 0 aliphatic heterocycles. The maximum Gasteiger partial charge on any atom is 0.294 e. The van der Waals surface area contributed by atoms with Crippen LogP contribution in [0.4, 0.5) is 0 Å². The van der Waals surface area contributed by atoms with Crippen molar-refractivity contribution in [3.63, 3.8) is 0 Å². The third-order valence-corrected chi connectivity index (χ3v) is 3.28. The third kappa shape index (κ3) is 1.97. The highest BCUT2D eigenvalue weighted by atomic mass is 35.5. The number of fused-ring (bicyclic) bond motifs is 1. The summed E-state index contributed by atoms with van der Waals surface area (Å²) in [6.45, 7) is 0. The molecule has 0 saturated heterocycles. The Bertz CT molecular complexity index is 620. The zero-order chi connectivity index (χ0) is 11.1. The quantitative estimate of drug-likeness (QED) is 0.783. The molecule has 5 heteroatoms. The van der Waals surface area contributed by atoms with E-state index in [1.54, 1.807) is 18.2 Å². The Balaban J connectivity index is 2.81. The van der Waals surface area contributed by atoms with Crippen LogP contribution in [-0.2, 0) is 10.1 Å². The van der Waals surface area contributed by atoms with Gasteiger partial charge < -0.3 is 0 Å². The summed E-state index contributed by atoms with van der Waals surface area (Å²) < 4.78 is 30.7. The lowest BCUT2D eigenvalue weighted by Crippen LogP contribution is -1.97. The van der Waals surface area contributed by atoms with Gasteiger partial charge in [-0.3, -0.25) is 4.55 Å². The van der Waals surface area contributed by atoms with Gasteiger partial charge >= 0.3 is 0 Å². The van der Waals surface area contributed by atoms with Gasteiger partial charge in [-0.2, -0.15) is 8.42 Å². The van der Waals surface area contributed by atoms with Gasteiger partial charge in [0.05, 0.1) is 4.90 Å². The largest absolute Gasteiger partial charge is 0.294 e. The summed E-state index contributed by atoms with van der Waals surface area (Å²) in [4.78, 5) is -0.150. The van der Waals surface area contributed by atoms with E-state index in [0.29, 0.717) is 10.4 Å². The Kier molecular flexibility index (Phi) is 2.42. The van der Waals surface area contributed by atoms with Crippen molar-refractivity contribution in [3.05, 3.63) is 41.4 Å². The standard InChI is InChI=1S/C10H7ClO3S/c11-10-3-1-2-7-4-5-8(6-9(7)10)15(12,13)14/h1-6H,(H,12,13,14). The molecule has 0 unspecified atom stereocenters. The highest BCUT2D eigenvalue weighted by Crippen LogP contribution is 2.25. The molecular weight excluding hydrogens is 236 g/mol. The minimum Gasteiger partial charge on any atom is -0.282 e. The van der Waals surface area contributed by atoms with E-state index in [1.807, 2.05) is 6.07 Å². The zero-order valence-electron chi connectivity index (χ0n) is 7.51. The van der Waals surface area contributed by atoms with E-state index in [2.05, 4.69) is 0 Å². The summed E-state index contributed by atoms with van der Waals surface area (Å²) >= 11 is 5.90. The van der Waals surface area contributed by atoms with Crippen molar-refractivity contribution in [2.24, 2.45) is 0 Å². The summed E-state index contributed by atoms with van der Waals surface area (Å²) in [5.74, 6) is 0. The van der Waals surface area contributed by atoms with Crippen molar-refractivity contribution in [1.82, 2.24) is 0 Å². The van der Waals surface area contributed by atoms with Crippen molar-refractivity contribution in [3.8, 4) is 0 Å². The fraction of sp³-hybridized carbons (Fsp3) is 0. The van der Waals surface area contributed by atoms with Gasteiger partial charge in [-0.05, 0) is 23.6 Å². The van der Waals surface area contributed by atoms with Crippen molar-refractivity contribution in [2.45, 2.75) is 4.90 Å². The molecule has 0 atom stereocenters. The molecule has 0 spiro atoms. The van der Waals surface area contributed by atoms with Crippen molar-refractivity contribution >= 4 is 32.5 Å². The molecule has 0 aliphatic carbocycles. The maximum atomic E-state index is 10.9. The number of hydrogen-bond donors (Lipinski definition) is 1. The monoisotopic (exact) mass is 242 g/mol. The summed E-state index contributed by atoms with van der Waals surface area (Å²) in [5, 5.41) is 1.89. The van der Waals surface area contributed by atoms with E-state index in [1.165, 1.54) is 12.1 Å². The lowest BCUT2D eigenvalue weighted by molar-refractivity contribution is 0.483. The molecule has 2 aromatic rings. The highest BCUT2D eigenvalue weighted by Gasteiger charge is 2.10. The van der Waals surface area contributed by atoms with Crippen LogP contribution in [0.1, 0.15) is 0 Å². The molecule has 0 aliphatic rings. The molecule has 0 bridgehead atoms. The first-order chi connectivity index (χ1) is 6.98. The van der Waals surface area contributed by atoms with Crippen molar-refractivity contribution in [2.75, 3.05) is 0 Å². The van der Waals surface area contributed by atoms with E-state index in [-0.39, 0.29) is 4.90 Å². The molecular formula is C10H7ClO3S. The first-order valence-corrected chi connectivity index (χ1v) is 5.96. The third-order valence-electron chi connectivity index (χ3n) is 2.10. The lowest BCUT2D eigenvalue weighted by Gasteiger charge is -2.02. The molecule has 0 aromatic heterocycles. The van der Waals surface area contributed by atoms with Crippen LogP contribution in [0, 0.1) is 0 Å². The Morgan fingerprint density at radius 1 is 1.13 bits per heavy atom. The van der Waals surface area contributed by atoms with Crippen LogP contribution in [0.25, 0.3) is 10.8 Å². The second-order valence-corrected chi connectivity index (χ2v) is 4.93. The van der Waals surface area contributed by atoms with Crippen LogP contribution in [0.3, 0.4) is 0 Å². The Morgan fingerprint density at radius 3 is 2.53 bits per heavy atom. The van der Waals surface area contributed by atoms with Crippen molar-refractivity contribution in [1.29, 1.82) is 0 Å². The Morgan fingerprint density at radius 2 is 1.87 bits per heavy atom. The molecule has 15 heavy (non-hydrogen) atoms. The summed E-state index contributed by atoms with van der Waals surface area (Å²) in [6.07, 6.45) is 0. The topological polar surface area (TPSA) is 54.4 Å². The molecule has 0 radical (unpaired) electrons. The summed E-state index contributed by atoms with van der Waals surface area (Å²) in [6, 6.07) is 9.55. The first-order valence-electron chi connectivity index (χ1n) is 4.14. The van der Waals surface area contributed by atoms with Crippen LogP contribution in [0.15, 0.2) is 41.3 Å². The average molecular weight is 243 g/mol. The van der Waals surface area contributed by atoms with Gasteiger partial charge in [0.15, 0.2) is 0 Å². The predicted molar refractivity (Wildman–Crippen MR) is 58.8 cm³/mol. The molecule has 0 amide bonds. The number of halogens is 1. The van der Waals surface area contributed by atoms with Gasteiger partial charge in [-0.25, -0.2) is 0 Å². The van der Waals surface area contributed by atoms with Gasteiger partial charge in [0, 0.05) is 10.4 Å². The number of rotatable bonds is 1. The predicted octanol–water partition coefficient (Wildman–Crippen LogP) is 2.74. The normalized spacial score (nSPS) is 11.9. The zero-order valence-corrected chi connectivity index (χ0v) is 9.09. The van der Waals surface area contributed by atoms with Crippen LogP contribution in [0.5, 0.6) is 0 Å². The van der Waals surface area contributed by atoms with E-state index in [9.17, 15) is 8.42 Å². The smallest absolute Gasteiger partial charge is 0.282 e. The summed E-state index contributed by atoms with van der Waals surface area (Å²) in [5.41, 5.74) is 0. The lowest BCUT2D eigenvalue weighted by atomic mass is 10.1. The molecule has 78 valence electrons. The first kappa shape index (κ1) is 10.4. The number of hydrogen-bond acceptors (Lipinski definition) is 2. The summed E-state index contributed by atoms with van der Waals surface area (Å²) in [7, 11) is -4.17. The molecule has 2 aromatic carbocycles. The van der Waals surface area contributed by atoms with Gasteiger partial charge in [0.25, 0.3) is 10.1 Å². The minimum absolute atomic E-state index is 0.150. The molecule has 1 N–H and O–H groups in total. The molecule has 0 heterocycles. The fourth-order valence-corrected chi connectivity index (χ4v) is 2.12. The minimum atomic E-state index is -4.17. The van der Waals surface area contributed by atoms with Crippen LogP contribution in [0.2, 0.25) is 5.02 Å². The van der Waals surface area contributed by atoms with Gasteiger partial charge in [0.1, 0.15) is 0 Å². The Labute approximate surface area is 92.0 Å². The van der Waals surface area contributed by atoms with Crippen molar-refractivity contribution < 1.29 is 13.0 Å². The highest BCUT2D eigenvalue weighted by molar-refractivity contribution is 7.85. The van der Waals surface area contributed by atoms with E-state index >= 15 is 0 Å². The van der Waals surface area contributed by atoms with E-state index in [4.69, 9.17) is 16.2 Å². The Hall–Kier alpha value is -1.10. The van der Waals surface area contributed by atoms with Crippen LogP contribution in [-0.4, -0.2) is 13.0 Å². The SMILES string of the molecule is O=S(=O)(O)c1ccc2cccc(Cl)c2c1. The molecule has 2 rings (SSSR count). The molecule has 3 nitrogen and oxygen atoms in total. The maximum absolute atomic E-state index is 10.9. The van der Waals surface area contributed by atoms with Gasteiger partial charge in [0.2, 0.25) is 0 Å². The average Bonchev–Trinajstić information content (AvgIpc) is 2.16. The second-order valence-electron chi connectivity index (χ2n) is 3.10. The van der Waals surface area contributed by atoms with Crippen LogP contribution < -0.4 is 0 Å². The second kappa shape index (κ2) is 3.48. The number of benzene rings is 2. The van der Waals surface area contributed by atoms with E-state index in [0.717, 1.165) is 5.39 Å². The van der Waals surface area contributed by atoms with Gasteiger partial charge in [-0.1, -0.05) is 29.8 Å². The van der Waals surface area contributed by atoms with E-state index < -0.39 is 10.1 Å².